The first kappa shape index (κ1) is 29.0. The van der Waals surface area contributed by atoms with E-state index in [1.165, 1.54) is 0 Å². The molecule has 1 aliphatic carbocycles. The number of fused-ring (bicyclic) bond motifs is 2. The Balaban J connectivity index is 1.59. The first-order valence-electron chi connectivity index (χ1n) is 13.6. The molecule has 0 radical (unpaired) electrons. The monoisotopic (exact) mass is 553 g/mol. The molecule has 3 aliphatic rings. The highest BCUT2D eigenvalue weighted by Crippen LogP contribution is 2.47. The first-order valence-corrected chi connectivity index (χ1v) is 14.6. The van der Waals surface area contributed by atoms with Gasteiger partial charge in [0.1, 0.15) is 12.1 Å². The highest BCUT2D eigenvalue weighted by Gasteiger charge is 2.55. The fraction of sp³-hybridized carbons (Fsp3) is 0.586. The van der Waals surface area contributed by atoms with Crippen molar-refractivity contribution in [1.82, 2.24) is 26.2 Å². The van der Waals surface area contributed by atoms with E-state index in [9.17, 15) is 19.2 Å². The van der Waals surface area contributed by atoms with E-state index in [4.69, 9.17) is 0 Å². The molecule has 2 saturated heterocycles. The first-order chi connectivity index (χ1) is 18.6. The van der Waals surface area contributed by atoms with E-state index in [0.717, 1.165) is 11.1 Å². The standard InChI is InChI=1S/C29H39N5O4S/c1-6-7-13-31-26(36)20-15-18-10-8-9-11-19(18)23(20)33-27(37)24-29(3,4)16-22-34(24)28(38)21(12-14-39-22)32-25(35)17(2)30-5/h8-11,17,20-24,30H,12-16H2,1-5H3,(H,31,36)(H,32,35)(H,33,37)/t17-,20+,21-,22-,23-,24+/m0/s1. The number of amides is 4. The van der Waals surface area contributed by atoms with Crippen LogP contribution in [0, 0.1) is 23.2 Å². The van der Waals surface area contributed by atoms with Crippen LogP contribution in [-0.2, 0) is 25.6 Å². The SMILES string of the molecule is CC#CCNC(=O)[C@@H]1Cc2ccccc2[C@@H]1NC(=O)[C@H]1N2C(=O)[C@@H](NC(=O)[C@H](C)NC)CCS[C@H]2CC1(C)C. The van der Waals surface area contributed by atoms with E-state index in [1.54, 1.807) is 37.6 Å². The second kappa shape index (κ2) is 12.0. The Labute approximate surface area is 235 Å². The van der Waals surface area contributed by atoms with Gasteiger partial charge in [-0.2, -0.15) is 0 Å². The smallest absolute Gasteiger partial charge is 0.246 e. The van der Waals surface area contributed by atoms with E-state index < -0.39 is 35.5 Å². The number of benzene rings is 1. The maximum absolute atomic E-state index is 14.1. The summed E-state index contributed by atoms with van der Waals surface area (Å²) >= 11 is 1.66. The molecular weight excluding hydrogens is 514 g/mol. The fourth-order valence-electron chi connectivity index (χ4n) is 5.88. The number of rotatable bonds is 7. The molecule has 2 fully saturated rings. The molecule has 210 valence electrons. The molecule has 4 amide bonds. The van der Waals surface area contributed by atoms with Crippen molar-refractivity contribution in [3.63, 3.8) is 0 Å². The van der Waals surface area contributed by atoms with Gasteiger partial charge in [0.25, 0.3) is 0 Å². The molecule has 0 spiro atoms. The van der Waals surface area contributed by atoms with Crippen LogP contribution in [0.25, 0.3) is 0 Å². The van der Waals surface area contributed by atoms with Gasteiger partial charge in [0.15, 0.2) is 0 Å². The number of likely N-dealkylation sites (N-methyl/N-ethyl adjacent to an activating group) is 1. The van der Waals surface area contributed by atoms with E-state index in [0.29, 0.717) is 25.0 Å². The third-order valence-electron chi connectivity index (χ3n) is 8.08. The maximum atomic E-state index is 14.1. The van der Waals surface area contributed by atoms with Gasteiger partial charge in [0.05, 0.1) is 29.9 Å². The van der Waals surface area contributed by atoms with Crippen molar-refractivity contribution < 1.29 is 19.2 Å². The Hall–Kier alpha value is -3.03. The van der Waals surface area contributed by atoms with Crippen LogP contribution in [0.15, 0.2) is 24.3 Å². The summed E-state index contributed by atoms with van der Waals surface area (Å²) in [6.07, 6.45) is 1.68. The topological polar surface area (TPSA) is 120 Å². The minimum absolute atomic E-state index is 0.158. The van der Waals surface area contributed by atoms with Crippen LogP contribution in [-0.4, -0.2) is 71.4 Å². The molecule has 9 nitrogen and oxygen atoms in total. The van der Waals surface area contributed by atoms with Crippen molar-refractivity contribution in [2.24, 2.45) is 11.3 Å². The molecule has 4 rings (SSSR count). The summed E-state index contributed by atoms with van der Waals surface area (Å²) < 4.78 is 0. The van der Waals surface area contributed by atoms with Crippen LogP contribution >= 0.6 is 11.8 Å². The van der Waals surface area contributed by atoms with E-state index in [1.807, 2.05) is 38.1 Å². The van der Waals surface area contributed by atoms with Crippen LogP contribution in [0.2, 0.25) is 0 Å². The quantitative estimate of drug-likeness (QED) is 0.379. The van der Waals surface area contributed by atoms with Gasteiger partial charge in [-0.3, -0.25) is 19.2 Å². The Morgan fingerprint density at radius 2 is 1.92 bits per heavy atom. The van der Waals surface area contributed by atoms with Crippen molar-refractivity contribution in [3.8, 4) is 11.8 Å². The number of nitrogens with one attached hydrogen (secondary N) is 4. The lowest BCUT2D eigenvalue weighted by Crippen LogP contribution is -2.58. The van der Waals surface area contributed by atoms with Crippen molar-refractivity contribution in [3.05, 3.63) is 35.4 Å². The molecule has 6 atom stereocenters. The van der Waals surface area contributed by atoms with Crippen molar-refractivity contribution in [2.45, 2.75) is 76.5 Å². The number of hydrogen-bond donors (Lipinski definition) is 4. The van der Waals surface area contributed by atoms with Crippen LogP contribution in [0.3, 0.4) is 0 Å². The predicted octanol–water partition coefficient (Wildman–Crippen LogP) is 1.34. The van der Waals surface area contributed by atoms with E-state index in [-0.39, 0.29) is 35.5 Å². The average Bonchev–Trinajstić information content (AvgIpc) is 3.36. The lowest BCUT2D eigenvalue weighted by molar-refractivity contribution is -0.144. The van der Waals surface area contributed by atoms with Gasteiger partial charge in [-0.05, 0) is 62.5 Å². The van der Waals surface area contributed by atoms with Crippen LogP contribution in [0.4, 0.5) is 0 Å². The predicted molar refractivity (Wildman–Crippen MR) is 151 cm³/mol. The fourth-order valence-corrected chi connectivity index (χ4v) is 7.46. The summed E-state index contributed by atoms with van der Waals surface area (Å²) in [5.74, 6) is 4.94. The molecule has 0 saturated carbocycles. The minimum Gasteiger partial charge on any atom is -0.347 e. The summed E-state index contributed by atoms with van der Waals surface area (Å²) in [5, 5.41) is 11.7. The molecule has 39 heavy (non-hydrogen) atoms. The number of carbonyl (C=O) groups excluding carboxylic acids is 4. The Morgan fingerprint density at radius 3 is 2.64 bits per heavy atom. The maximum Gasteiger partial charge on any atom is 0.246 e. The molecule has 0 aromatic heterocycles. The highest BCUT2D eigenvalue weighted by atomic mass is 32.2. The second-order valence-electron chi connectivity index (χ2n) is 11.2. The number of thioether (sulfide) groups is 1. The Morgan fingerprint density at radius 1 is 1.18 bits per heavy atom. The van der Waals surface area contributed by atoms with Gasteiger partial charge < -0.3 is 26.2 Å². The van der Waals surface area contributed by atoms with Gasteiger partial charge in [-0.25, -0.2) is 0 Å². The van der Waals surface area contributed by atoms with Gasteiger partial charge in [-0.15, -0.1) is 17.7 Å². The number of nitrogens with zero attached hydrogens (tertiary/aromatic N) is 1. The largest absolute Gasteiger partial charge is 0.347 e. The lowest BCUT2D eigenvalue weighted by atomic mass is 9.83. The molecule has 2 aliphatic heterocycles. The Bertz CT molecular complexity index is 1190. The molecule has 10 heteroatoms. The zero-order chi connectivity index (χ0) is 28.3. The van der Waals surface area contributed by atoms with Gasteiger partial charge in [0, 0.05) is 0 Å². The molecule has 4 N–H and O–H groups in total. The third-order valence-corrected chi connectivity index (χ3v) is 9.33. The minimum atomic E-state index is -0.732. The molecule has 1 aromatic carbocycles. The summed E-state index contributed by atoms with van der Waals surface area (Å²) in [6.45, 7) is 7.72. The summed E-state index contributed by atoms with van der Waals surface area (Å²) in [5.41, 5.74) is 1.45. The summed E-state index contributed by atoms with van der Waals surface area (Å²) in [7, 11) is 1.69. The van der Waals surface area contributed by atoms with E-state index in [2.05, 4.69) is 33.1 Å². The summed E-state index contributed by atoms with van der Waals surface area (Å²) in [4.78, 5) is 55.4. The number of hydrogen-bond acceptors (Lipinski definition) is 6. The molecule has 0 bridgehead atoms. The van der Waals surface area contributed by atoms with Gasteiger partial charge >= 0.3 is 0 Å². The van der Waals surface area contributed by atoms with Gasteiger partial charge in [0.2, 0.25) is 23.6 Å². The number of carbonyl (C=O) groups is 4. The van der Waals surface area contributed by atoms with Crippen molar-refractivity contribution >= 4 is 35.4 Å². The average molecular weight is 554 g/mol. The lowest BCUT2D eigenvalue weighted by Gasteiger charge is -2.35. The van der Waals surface area contributed by atoms with E-state index >= 15 is 0 Å². The highest BCUT2D eigenvalue weighted by molar-refractivity contribution is 7.99. The van der Waals surface area contributed by atoms with Crippen molar-refractivity contribution in [1.29, 1.82) is 0 Å². The zero-order valence-corrected chi connectivity index (χ0v) is 24.1. The molecule has 1 aromatic rings. The second-order valence-corrected chi connectivity index (χ2v) is 12.5. The molecule has 0 unspecified atom stereocenters. The zero-order valence-electron chi connectivity index (χ0n) is 23.3. The summed E-state index contributed by atoms with van der Waals surface area (Å²) in [6, 6.07) is 5.39. The molecule has 2 heterocycles. The Kier molecular flexibility index (Phi) is 8.92. The van der Waals surface area contributed by atoms with Crippen LogP contribution < -0.4 is 21.3 Å². The molecular formula is C29H39N5O4S. The third kappa shape index (κ3) is 5.94. The van der Waals surface area contributed by atoms with Crippen molar-refractivity contribution in [2.75, 3.05) is 19.3 Å². The van der Waals surface area contributed by atoms with Crippen LogP contribution in [0.1, 0.15) is 57.7 Å². The normalized spacial score (nSPS) is 27.8. The van der Waals surface area contributed by atoms with Gasteiger partial charge in [-0.1, -0.05) is 44.0 Å². The van der Waals surface area contributed by atoms with Crippen LogP contribution in [0.5, 0.6) is 0 Å².